The predicted octanol–water partition coefficient (Wildman–Crippen LogP) is 5.33. The number of aromatic nitrogens is 2. The Morgan fingerprint density at radius 1 is 1.03 bits per heavy atom. The molecule has 32 heavy (non-hydrogen) atoms. The number of anilines is 1. The maximum Gasteiger partial charge on any atom is 0.163 e. The molecule has 1 aliphatic heterocycles. The van der Waals surface area contributed by atoms with Gasteiger partial charge < -0.3 is 20.1 Å². The normalized spacial score (nSPS) is 13.8. The first-order valence-electron chi connectivity index (χ1n) is 10.8. The Kier molecular flexibility index (Phi) is 5.68. The van der Waals surface area contributed by atoms with Gasteiger partial charge in [-0.15, -0.1) is 11.3 Å². The molecule has 0 fully saturated rings. The standard InChI is InChI=1S/C25H26N4O2S/c1-15(23-8-9-24(32-23)18-7-5-4-6-17(18)14-26-3)27-25-19-12-21-22(31-11-10-30-21)13-20(19)28-16(2)29-25/h4-9,12-13,15,26H,10-11,14H2,1-3H3,(H,27,28,29). The minimum Gasteiger partial charge on any atom is -0.486 e. The zero-order chi connectivity index (χ0) is 22.1. The van der Waals surface area contributed by atoms with Gasteiger partial charge in [-0.1, -0.05) is 24.3 Å². The number of hydrogen-bond donors (Lipinski definition) is 2. The number of rotatable bonds is 6. The summed E-state index contributed by atoms with van der Waals surface area (Å²) in [5.41, 5.74) is 3.43. The van der Waals surface area contributed by atoms with Crippen molar-refractivity contribution in [1.29, 1.82) is 0 Å². The van der Waals surface area contributed by atoms with Crippen LogP contribution in [0.5, 0.6) is 11.5 Å². The summed E-state index contributed by atoms with van der Waals surface area (Å²) in [5, 5.41) is 7.80. The summed E-state index contributed by atoms with van der Waals surface area (Å²) in [6.45, 7) is 6.03. The van der Waals surface area contributed by atoms with Gasteiger partial charge in [0.2, 0.25) is 0 Å². The van der Waals surface area contributed by atoms with Crippen LogP contribution in [0.3, 0.4) is 0 Å². The van der Waals surface area contributed by atoms with E-state index in [0.29, 0.717) is 13.2 Å². The number of fused-ring (bicyclic) bond motifs is 2. The molecule has 164 valence electrons. The summed E-state index contributed by atoms with van der Waals surface area (Å²) in [6.07, 6.45) is 0. The largest absolute Gasteiger partial charge is 0.486 e. The van der Waals surface area contributed by atoms with Crippen molar-refractivity contribution in [1.82, 2.24) is 15.3 Å². The molecule has 1 atom stereocenters. The maximum atomic E-state index is 5.78. The molecular weight excluding hydrogens is 420 g/mol. The van der Waals surface area contributed by atoms with Crippen molar-refractivity contribution in [2.24, 2.45) is 0 Å². The van der Waals surface area contributed by atoms with Crippen LogP contribution in [0, 0.1) is 6.92 Å². The number of nitrogens with zero attached hydrogens (tertiary/aromatic N) is 2. The van der Waals surface area contributed by atoms with Crippen LogP contribution in [0.4, 0.5) is 5.82 Å². The fourth-order valence-electron chi connectivity index (χ4n) is 4.00. The van der Waals surface area contributed by atoms with Crippen molar-refractivity contribution >= 4 is 28.1 Å². The maximum absolute atomic E-state index is 5.78. The number of ether oxygens (including phenoxy) is 2. The van der Waals surface area contributed by atoms with E-state index in [4.69, 9.17) is 14.5 Å². The van der Waals surface area contributed by atoms with Crippen molar-refractivity contribution in [2.75, 3.05) is 25.6 Å². The zero-order valence-electron chi connectivity index (χ0n) is 18.4. The molecule has 0 aliphatic carbocycles. The fraction of sp³-hybridized carbons (Fsp3) is 0.280. The van der Waals surface area contributed by atoms with E-state index in [9.17, 15) is 0 Å². The van der Waals surface area contributed by atoms with Gasteiger partial charge in [-0.3, -0.25) is 0 Å². The molecule has 0 bridgehead atoms. The van der Waals surface area contributed by atoms with E-state index in [-0.39, 0.29) is 6.04 Å². The first-order valence-corrected chi connectivity index (χ1v) is 11.6. The lowest BCUT2D eigenvalue weighted by Gasteiger charge is -2.20. The Hall–Kier alpha value is -3.16. The summed E-state index contributed by atoms with van der Waals surface area (Å²) in [7, 11) is 1.98. The van der Waals surface area contributed by atoms with Crippen molar-refractivity contribution < 1.29 is 9.47 Å². The van der Waals surface area contributed by atoms with Crippen LogP contribution in [-0.4, -0.2) is 30.2 Å². The van der Waals surface area contributed by atoms with Gasteiger partial charge in [0.15, 0.2) is 11.5 Å². The lowest BCUT2D eigenvalue weighted by Crippen LogP contribution is -2.15. The number of nitrogens with one attached hydrogen (secondary N) is 2. The summed E-state index contributed by atoms with van der Waals surface area (Å²) in [6, 6.07) is 17.0. The van der Waals surface area contributed by atoms with E-state index in [0.717, 1.165) is 40.6 Å². The third-order valence-corrected chi connectivity index (χ3v) is 6.83. The lowest BCUT2D eigenvalue weighted by atomic mass is 10.1. The van der Waals surface area contributed by atoms with Crippen molar-refractivity contribution in [2.45, 2.75) is 26.4 Å². The van der Waals surface area contributed by atoms with Gasteiger partial charge in [0.1, 0.15) is 24.9 Å². The molecule has 0 saturated carbocycles. The topological polar surface area (TPSA) is 68.3 Å². The van der Waals surface area contributed by atoms with Crippen LogP contribution in [-0.2, 0) is 6.54 Å². The molecule has 7 heteroatoms. The molecule has 2 aromatic carbocycles. The molecule has 3 heterocycles. The SMILES string of the molecule is CNCc1ccccc1-c1ccc(C(C)Nc2nc(C)nc3cc4c(cc23)OCCO4)s1. The highest BCUT2D eigenvalue weighted by atomic mass is 32.1. The van der Waals surface area contributed by atoms with Crippen LogP contribution in [0.1, 0.15) is 29.2 Å². The minimum absolute atomic E-state index is 0.0934. The molecule has 4 aromatic rings. The van der Waals surface area contributed by atoms with E-state index in [1.165, 1.54) is 20.9 Å². The summed E-state index contributed by atoms with van der Waals surface area (Å²) in [5.74, 6) is 3.01. The Bertz CT molecular complexity index is 1270. The van der Waals surface area contributed by atoms with Crippen LogP contribution < -0.4 is 20.1 Å². The molecule has 0 saturated heterocycles. The van der Waals surface area contributed by atoms with Gasteiger partial charge in [0.05, 0.1) is 11.6 Å². The van der Waals surface area contributed by atoms with Crippen molar-refractivity contribution in [3.05, 3.63) is 64.8 Å². The molecule has 5 rings (SSSR count). The van der Waals surface area contributed by atoms with E-state index < -0.39 is 0 Å². The highest BCUT2D eigenvalue weighted by molar-refractivity contribution is 7.15. The van der Waals surface area contributed by atoms with Gasteiger partial charge in [0.25, 0.3) is 0 Å². The van der Waals surface area contributed by atoms with Crippen LogP contribution in [0.2, 0.25) is 0 Å². The molecule has 0 amide bonds. The van der Waals surface area contributed by atoms with E-state index >= 15 is 0 Å². The van der Waals surface area contributed by atoms with Crippen molar-refractivity contribution in [3.8, 4) is 21.9 Å². The first-order chi connectivity index (χ1) is 15.6. The Balaban J connectivity index is 1.45. The third kappa shape index (κ3) is 4.01. The van der Waals surface area contributed by atoms with E-state index in [1.54, 1.807) is 0 Å². The predicted molar refractivity (Wildman–Crippen MR) is 130 cm³/mol. The quantitative estimate of drug-likeness (QED) is 0.417. The highest BCUT2D eigenvalue weighted by Crippen LogP contribution is 2.38. The van der Waals surface area contributed by atoms with Gasteiger partial charge in [0, 0.05) is 27.8 Å². The Morgan fingerprint density at radius 3 is 2.62 bits per heavy atom. The molecule has 2 aromatic heterocycles. The lowest BCUT2D eigenvalue weighted by molar-refractivity contribution is 0.172. The minimum atomic E-state index is 0.0934. The Morgan fingerprint density at radius 2 is 1.81 bits per heavy atom. The number of hydrogen-bond acceptors (Lipinski definition) is 7. The molecule has 0 spiro atoms. The Labute approximate surface area is 191 Å². The molecule has 1 aliphatic rings. The number of benzene rings is 2. The second-order valence-corrected chi connectivity index (χ2v) is 9.00. The molecule has 6 nitrogen and oxygen atoms in total. The van der Waals surface area contributed by atoms with Crippen LogP contribution in [0.25, 0.3) is 21.3 Å². The zero-order valence-corrected chi connectivity index (χ0v) is 19.3. The number of aryl methyl sites for hydroxylation is 1. The van der Waals surface area contributed by atoms with Crippen LogP contribution >= 0.6 is 11.3 Å². The van der Waals surface area contributed by atoms with Crippen LogP contribution in [0.15, 0.2) is 48.5 Å². The molecule has 2 N–H and O–H groups in total. The van der Waals surface area contributed by atoms with Gasteiger partial charge in [-0.25, -0.2) is 9.97 Å². The summed E-state index contributed by atoms with van der Waals surface area (Å²) < 4.78 is 11.5. The monoisotopic (exact) mass is 446 g/mol. The van der Waals surface area contributed by atoms with Gasteiger partial charge in [-0.05, 0) is 50.2 Å². The van der Waals surface area contributed by atoms with E-state index in [2.05, 4.69) is 58.9 Å². The summed E-state index contributed by atoms with van der Waals surface area (Å²) >= 11 is 1.81. The smallest absolute Gasteiger partial charge is 0.163 e. The highest BCUT2D eigenvalue weighted by Gasteiger charge is 2.18. The van der Waals surface area contributed by atoms with Gasteiger partial charge >= 0.3 is 0 Å². The van der Waals surface area contributed by atoms with Crippen molar-refractivity contribution in [3.63, 3.8) is 0 Å². The van der Waals surface area contributed by atoms with E-state index in [1.807, 2.05) is 37.4 Å². The number of thiophene rings is 1. The molecular formula is C25H26N4O2S. The second kappa shape index (κ2) is 8.76. The second-order valence-electron chi connectivity index (χ2n) is 7.89. The molecule has 0 radical (unpaired) electrons. The third-order valence-electron chi connectivity index (χ3n) is 5.53. The average Bonchev–Trinajstić information content (AvgIpc) is 3.29. The van der Waals surface area contributed by atoms with Gasteiger partial charge in [-0.2, -0.15) is 0 Å². The fourth-order valence-corrected chi connectivity index (χ4v) is 5.07. The first kappa shape index (κ1) is 20.7. The average molecular weight is 447 g/mol. The molecule has 1 unspecified atom stereocenters. The summed E-state index contributed by atoms with van der Waals surface area (Å²) in [4.78, 5) is 11.8.